The van der Waals surface area contributed by atoms with Crippen LogP contribution >= 0.6 is 15.9 Å². The van der Waals surface area contributed by atoms with Gasteiger partial charge in [-0.25, -0.2) is 0 Å². The highest BCUT2D eigenvalue weighted by atomic mass is 79.9. The van der Waals surface area contributed by atoms with Gasteiger partial charge in [-0.15, -0.1) is 0 Å². The summed E-state index contributed by atoms with van der Waals surface area (Å²) in [6, 6.07) is 0. The Hall–Kier alpha value is 0.150. The van der Waals surface area contributed by atoms with Gasteiger partial charge in [0.1, 0.15) is 5.78 Å². The van der Waals surface area contributed by atoms with Crippen LogP contribution in [0.5, 0.6) is 0 Å². The summed E-state index contributed by atoms with van der Waals surface area (Å²) in [4.78, 5) is 11.2. The predicted molar refractivity (Wildman–Crippen MR) is 45.4 cm³/mol. The van der Waals surface area contributed by atoms with Crippen LogP contribution in [0.2, 0.25) is 0 Å². The van der Waals surface area contributed by atoms with Crippen LogP contribution in [0.3, 0.4) is 0 Å². The predicted octanol–water partition coefficient (Wildman–Crippen LogP) is 2.53. The molecule has 0 radical (unpaired) electrons. The molecule has 0 unspecified atom stereocenters. The molecule has 0 spiro atoms. The molecule has 0 bridgehead atoms. The third kappa shape index (κ3) is 2.08. The van der Waals surface area contributed by atoms with Gasteiger partial charge in [-0.05, 0) is 12.8 Å². The number of alkyl halides is 1. The molecule has 0 aliphatic heterocycles. The van der Waals surface area contributed by atoms with Gasteiger partial charge in [0.2, 0.25) is 0 Å². The average molecular weight is 205 g/mol. The minimum Gasteiger partial charge on any atom is -0.299 e. The SMILES string of the molecule is O=C(CCBr)C1CCCC1. The largest absolute Gasteiger partial charge is 0.299 e. The summed E-state index contributed by atoms with van der Waals surface area (Å²) in [5, 5.41) is 0.836. The van der Waals surface area contributed by atoms with E-state index in [1.165, 1.54) is 12.8 Å². The maximum atomic E-state index is 11.2. The molecule has 1 rings (SSSR count). The molecule has 0 aromatic rings. The van der Waals surface area contributed by atoms with Crippen LogP contribution in [-0.2, 0) is 4.79 Å². The number of hydrogen-bond acceptors (Lipinski definition) is 1. The Morgan fingerprint density at radius 2 is 2.00 bits per heavy atom. The minimum atomic E-state index is 0.414. The van der Waals surface area contributed by atoms with E-state index in [0.717, 1.165) is 24.6 Å². The highest BCUT2D eigenvalue weighted by Crippen LogP contribution is 2.26. The molecule has 1 aliphatic carbocycles. The topological polar surface area (TPSA) is 17.1 Å². The second-order valence-corrected chi connectivity index (χ2v) is 3.68. The Bertz CT molecular complexity index is 116. The number of ketones is 1. The average Bonchev–Trinajstić information content (AvgIpc) is 2.38. The van der Waals surface area contributed by atoms with Crippen molar-refractivity contribution in [3.63, 3.8) is 0 Å². The molecule has 0 aromatic heterocycles. The molecule has 1 nitrogen and oxygen atoms in total. The molecule has 0 amide bonds. The Morgan fingerprint density at radius 1 is 1.40 bits per heavy atom. The van der Waals surface area contributed by atoms with Gasteiger partial charge in [0.05, 0.1) is 0 Å². The van der Waals surface area contributed by atoms with Gasteiger partial charge in [0.15, 0.2) is 0 Å². The van der Waals surface area contributed by atoms with Crippen molar-refractivity contribution in [1.82, 2.24) is 0 Å². The van der Waals surface area contributed by atoms with Crippen molar-refractivity contribution in [2.75, 3.05) is 5.33 Å². The van der Waals surface area contributed by atoms with Crippen molar-refractivity contribution in [2.45, 2.75) is 32.1 Å². The Kier molecular flexibility index (Phi) is 3.40. The second-order valence-electron chi connectivity index (χ2n) is 2.89. The van der Waals surface area contributed by atoms with Gasteiger partial charge in [0, 0.05) is 17.7 Å². The van der Waals surface area contributed by atoms with Crippen LogP contribution in [0.1, 0.15) is 32.1 Å². The Labute approximate surface area is 70.3 Å². The van der Waals surface area contributed by atoms with Crippen LogP contribution in [0.15, 0.2) is 0 Å². The van der Waals surface area contributed by atoms with Gasteiger partial charge < -0.3 is 0 Å². The van der Waals surface area contributed by atoms with E-state index in [0.29, 0.717) is 11.7 Å². The lowest BCUT2D eigenvalue weighted by Gasteiger charge is -2.04. The fourth-order valence-corrected chi connectivity index (χ4v) is 1.94. The summed E-state index contributed by atoms with van der Waals surface area (Å²) in [6.07, 6.45) is 5.54. The van der Waals surface area contributed by atoms with E-state index in [9.17, 15) is 4.79 Å². The molecular weight excluding hydrogens is 192 g/mol. The van der Waals surface area contributed by atoms with Crippen LogP contribution in [0.4, 0.5) is 0 Å². The van der Waals surface area contributed by atoms with E-state index in [1.54, 1.807) is 0 Å². The van der Waals surface area contributed by atoms with E-state index in [2.05, 4.69) is 15.9 Å². The van der Waals surface area contributed by atoms with Crippen molar-refractivity contribution in [2.24, 2.45) is 5.92 Å². The molecule has 2 heteroatoms. The fraction of sp³-hybridized carbons (Fsp3) is 0.875. The Balaban J connectivity index is 2.25. The van der Waals surface area contributed by atoms with Crippen LogP contribution in [0.25, 0.3) is 0 Å². The first-order valence-corrected chi connectivity index (χ1v) is 5.05. The first kappa shape index (κ1) is 8.25. The number of halogens is 1. The number of hydrogen-bond donors (Lipinski definition) is 0. The molecule has 1 saturated carbocycles. The quantitative estimate of drug-likeness (QED) is 0.647. The normalized spacial score (nSPS) is 19.7. The van der Waals surface area contributed by atoms with E-state index in [-0.39, 0.29) is 0 Å². The van der Waals surface area contributed by atoms with Crippen LogP contribution < -0.4 is 0 Å². The summed E-state index contributed by atoms with van der Waals surface area (Å²) in [6.45, 7) is 0. The third-order valence-electron chi connectivity index (χ3n) is 2.15. The van der Waals surface area contributed by atoms with E-state index in [4.69, 9.17) is 0 Å². The zero-order valence-corrected chi connectivity index (χ0v) is 7.69. The second kappa shape index (κ2) is 4.12. The van der Waals surface area contributed by atoms with E-state index < -0.39 is 0 Å². The first-order chi connectivity index (χ1) is 4.84. The van der Waals surface area contributed by atoms with Crippen molar-refractivity contribution in [3.05, 3.63) is 0 Å². The highest BCUT2D eigenvalue weighted by Gasteiger charge is 2.21. The van der Waals surface area contributed by atoms with Gasteiger partial charge in [-0.2, -0.15) is 0 Å². The van der Waals surface area contributed by atoms with Gasteiger partial charge in [-0.3, -0.25) is 4.79 Å². The number of Topliss-reactive ketones (excluding diaryl/α,β-unsaturated/α-hetero) is 1. The molecule has 0 heterocycles. The van der Waals surface area contributed by atoms with Crippen LogP contribution in [0, 0.1) is 5.92 Å². The maximum Gasteiger partial charge on any atom is 0.136 e. The number of carbonyl (C=O) groups is 1. The lowest BCUT2D eigenvalue weighted by atomic mass is 10.0. The van der Waals surface area contributed by atoms with Crippen molar-refractivity contribution in [3.8, 4) is 0 Å². The standard InChI is InChI=1S/C8H13BrO/c9-6-5-8(10)7-3-1-2-4-7/h7H,1-6H2. The fourth-order valence-electron chi connectivity index (χ4n) is 1.55. The lowest BCUT2D eigenvalue weighted by molar-refractivity contribution is -0.122. The van der Waals surface area contributed by atoms with E-state index >= 15 is 0 Å². The molecule has 0 atom stereocenters. The van der Waals surface area contributed by atoms with Crippen molar-refractivity contribution >= 4 is 21.7 Å². The Morgan fingerprint density at radius 3 is 2.50 bits per heavy atom. The van der Waals surface area contributed by atoms with Crippen molar-refractivity contribution in [1.29, 1.82) is 0 Å². The summed E-state index contributed by atoms with van der Waals surface area (Å²) < 4.78 is 0. The third-order valence-corrected chi connectivity index (χ3v) is 2.55. The number of carbonyl (C=O) groups excluding carboxylic acids is 1. The highest BCUT2D eigenvalue weighted by molar-refractivity contribution is 9.09. The molecule has 0 aromatic carbocycles. The molecule has 0 N–H and O–H groups in total. The van der Waals surface area contributed by atoms with Gasteiger partial charge >= 0.3 is 0 Å². The molecule has 10 heavy (non-hydrogen) atoms. The molecule has 0 saturated heterocycles. The van der Waals surface area contributed by atoms with Gasteiger partial charge in [-0.1, -0.05) is 28.8 Å². The smallest absolute Gasteiger partial charge is 0.136 e. The van der Waals surface area contributed by atoms with Crippen molar-refractivity contribution < 1.29 is 4.79 Å². The first-order valence-electron chi connectivity index (χ1n) is 3.93. The zero-order chi connectivity index (χ0) is 7.40. The maximum absolute atomic E-state index is 11.2. The minimum absolute atomic E-state index is 0.414. The summed E-state index contributed by atoms with van der Waals surface area (Å²) >= 11 is 3.28. The number of rotatable bonds is 3. The summed E-state index contributed by atoms with van der Waals surface area (Å²) in [5.74, 6) is 0.881. The monoisotopic (exact) mass is 204 g/mol. The zero-order valence-electron chi connectivity index (χ0n) is 6.11. The lowest BCUT2D eigenvalue weighted by Crippen LogP contribution is -2.10. The molecule has 1 aliphatic rings. The molecule has 1 fully saturated rings. The summed E-state index contributed by atoms with van der Waals surface area (Å²) in [7, 11) is 0. The van der Waals surface area contributed by atoms with Crippen LogP contribution in [-0.4, -0.2) is 11.1 Å². The van der Waals surface area contributed by atoms with E-state index in [1.807, 2.05) is 0 Å². The summed E-state index contributed by atoms with van der Waals surface area (Å²) in [5.41, 5.74) is 0. The molecule has 58 valence electrons. The molecular formula is C8H13BrO. The van der Waals surface area contributed by atoms with Gasteiger partial charge in [0.25, 0.3) is 0 Å².